The van der Waals surface area contributed by atoms with E-state index in [2.05, 4.69) is 0 Å². The summed E-state index contributed by atoms with van der Waals surface area (Å²) in [7, 11) is 2.99. The van der Waals surface area contributed by atoms with Crippen molar-refractivity contribution in [3.8, 4) is 0 Å². The molecule has 0 aromatic heterocycles. The molecule has 0 aliphatic heterocycles. The summed E-state index contributed by atoms with van der Waals surface area (Å²) in [5, 5.41) is 0. The summed E-state index contributed by atoms with van der Waals surface area (Å²) in [6.07, 6.45) is -0.220. The Kier molecular flexibility index (Phi) is 5.46. The first-order valence-electron chi connectivity index (χ1n) is 4.97. The van der Waals surface area contributed by atoms with E-state index >= 15 is 0 Å². The first-order chi connectivity index (χ1) is 7.69. The van der Waals surface area contributed by atoms with E-state index in [4.69, 9.17) is 21.1 Å². The fraction of sp³-hybridized carbons (Fsp3) is 0.417. The lowest BCUT2D eigenvalue weighted by Crippen LogP contribution is -2.27. The molecule has 0 saturated heterocycles. The van der Waals surface area contributed by atoms with E-state index in [1.54, 1.807) is 12.1 Å². The molecule has 0 bridgehead atoms. The number of rotatable bonds is 6. The zero-order valence-corrected chi connectivity index (χ0v) is 10.1. The minimum Gasteiger partial charge on any atom is -0.377 e. The van der Waals surface area contributed by atoms with Crippen LogP contribution in [-0.4, -0.2) is 31.7 Å². The van der Waals surface area contributed by atoms with Crippen LogP contribution in [-0.2, 0) is 9.47 Å². The predicted octanol–water partition coefficient (Wildman–Crippen LogP) is 2.49. The highest BCUT2D eigenvalue weighted by molar-refractivity contribution is 6.20. The van der Waals surface area contributed by atoms with Crippen molar-refractivity contribution in [3.63, 3.8) is 0 Å². The molecular formula is C12H15ClO3. The average molecular weight is 243 g/mol. The number of methoxy groups -OCH3 is 2. The Bertz CT molecular complexity index is 326. The second kappa shape index (κ2) is 6.63. The quantitative estimate of drug-likeness (QED) is 0.568. The molecule has 0 radical (unpaired) electrons. The summed E-state index contributed by atoms with van der Waals surface area (Å²) < 4.78 is 10.0. The maximum Gasteiger partial charge on any atom is 0.165 e. The van der Waals surface area contributed by atoms with Gasteiger partial charge < -0.3 is 9.47 Å². The van der Waals surface area contributed by atoms with Crippen LogP contribution in [0.4, 0.5) is 0 Å². The average Bonchev–Trinajstić information content (AvgIpc) is 2.35. The molecule has 0 amide bonds. The number of benzene rings is 1. The van der Waals surface area contributed by atoms with Crippen molar-refractivity contribution in [1.82, 2.24) is 0 Å². The van der Waals surface area contributed by atoms with Gasteiger partial charge in [0.25, 0.3) is 0 Å². The van der Waals surface area contributed by atoms with Gasteiger partial charge in [-0.15, -0.1) is 0 Å². The van der Waals surface area contributed by atoms with Crippen LogP contribution in [0.1, 0.15) is 16.8 Å². The molecule has 1 rings (SSSR count). The second-order valence-electron chi connectivity index (χ2n) is 3.35. The van der Waals surface area contributed by atoms with Gasteiger partial charge in [-0.25, -0.2) is 0 Å². The highest BCUT2D eigenvalue weighted by Gasteiger charge is 2.22. The van der Waals surface area contributed by atoms with Crippen LogP contribution < -0.4 is 0 Å². The Morgan fingerprint density at radius 1 is 1.25 bits per heavy atom. The van der Waals surface area contributed by atoms with E-state index in [1.807, 2.05) is 18.2 Å². The predicted molar refractivity (Wildman–Crippen MR) is 62.8 cm³/mol. The van der Waals surface area contributed by atoms with Crippen LogP contribution in [0.5, 0.6) is 0 Å². The lowest BCUT2D eigenvalue weighted by atomic mass is 10.1. The van der Waals surface area contributed by atoms with Gasteiger partial charge in [0.1, 0.15) is 6.10 Å². The standard InChI is InChI=1S/C12H15ClO3/c1-15-11(12(13)16-2)8-10(14)9-6-4-3-5-7-9/h3-7,11-12H,8H2,1-2H3. The fourth-order valence-electron chi connectivity index (χ4n) is 1.36. The SMILES string of the molecule is COC(Cl)C(CC(=O)c1ccccc1)OC. The molecule has 0 N–H and O–H groups in total. The summed E-state index contributed by atoms with van der Waals surface area (Å²) in [4.78, 5) is 11.8. The number of carbonyl (C=O) groups excluding carboxylic acids is 1. The maximum absolute atomic E-state index is 11.8. The molecule has 0 heterocycles. The number of hydrogen-bond acceptors (Lipinski definition) is 3. The molecule has 1 aromatic rings. The molecule has 0 fully saturated rings. The Morgan fingerprint density at radius 3 is 2.38 bits per heavy atom. The summed E-state index contributed by atoms with van der Waals surface area (Å²) in [6, 6.07) is 9.05. The van der Waals surface area contributed by atoms with Gasteiger partial charge in [0.2, 0.25) is 0 Å². The van der Waals surface area contributed by atoms with Gasteiger partial charge in [-0.1, -0.05) is 41.9 Å². The zero-order valence-electron chi connectivity index (χ0n) is 9.35. The minimum atomic E-state index is -0.613. The second-order valence-corrected chi connectivity index (χ2v) is 3.78. The number of halogens is 1. The summed E-state index contributed by atoms with van der Waals surface area (Å²) >= 11 is 5.86. The third kappa shape index (κ3) is 3.59. The third-order valence-electron chi connectivity index (χ3n) is 2.30. The molecule has 16 heavy (non-hydrogen) atoms. The molecule has 3 nitrogen and oxygen atoms in total. The lowest BCUT2D eigenvalue weighted by Gasteiger charge is -2.18. The van der Waals surface area contributed by atoms with Gasteiger partial charge in [-0.3, -0.25) is 4.79 Å². The minimum absolute atomic E-state index is 0.00449. The Morgan fingerprint density at radius 2 is 1.88 bits per heavy atom. The van der Waals surface area contributed by atoms with Crippen molar-refractivity contribution < 1.29 is 14.3 Å². The molecule has 2 atom stereocenters. The van der Waals surface area contributed by atoms with E-state index in [1.165, 1.54) is 14.2 Å². The summed E-state index contributed by atoms with van der Waals surface area (Å²) in [6.45, 7) is 0. The van der Waals surface area contributed by atoms with Crippen molar-refractivity contribution in [1.29, 1.82) is 0 Å². The number of ketones is 1. The van der Waals surface area contributed by atoms with Gasteiger partial charge in [-0.2, -0.15) is 0 Å². The molecule has 0 aliphatic carbocycles. The molecule has 88 valence electrons. The van der Waals surface area contributed by atoms with E-state index in [0.717, 1.165) is 0 Å². The number of alkyl halides is 1. The van der Waals surface area contributed by atoms with Crippen LogP contribution in [0.25, 0.3) is 0 Å². The number of ether oxygens (including phenoxy) is 2. The Balaban J connectivity index is 2.63. The van der Waals surface area contributed by atoms with Crippen LogP contribution in [0.15, 0.2) is 30.3 Å². The number of Topliss-reactive ketones (excluding diaryl/α,β-unsaturated/α-hetero) is 1. The van der Waals surface area contributed by atoms with E-state index < -0.39 is 11.7 Å². The van der Waals surface area contributed by atoms with Crippen molar-refractivity contribution in [2.75, 3.05) is 14.2 Å². The molecule has 0 aliphatic rings. The molecule has 0 saturated carbocycles. The molecular weight excluding hydrogens is 228 g/mol. The normalized spacial score (nSPS) is 14.4. The summed E-state index contributed by atoms with van der Waals surface area (Å²) in [5.41, 5.74) is 0.0437. The first-order valence-corrected chi connectivity index (χ1v) is 5.40. The van der Waals surface area contributed by atoms with E-state index in [9.17, 15) is 4.79 Å². The molecule has 0 spiro atoms. The number of hydrogen-bond donors (Lipinski definition) is 0. The first kappa shape index (κ1) is 13.2. The van der Waals surface area contributed by atoms with Gasteiger partial charge in [0.15, 0.2) is 11.3 Å². The van der Waals surface area contributed by atoms with Crippen LogP contribution in [0.3, 0.4) is 0 Å². The van der Waals surface area contributed by atoms with Crippen molar-refractivity contribution in [2.24, 2.45) is 0 Å². The van der Waals surface area contributed by atoms with Crippen molar-refractivity contribution >= 4 is 17.4 Å². The Labute approximate surface area is 100 Å². The van der Waals surface area contributed by atoms with Gasteiger partial charge >= 0.3 is 0 Å². The third-order valence-corrected chi connectivity index (χ3v) is 2.76. The Hall–Kier alpha value is -0.900. The van der Waals surface area contributed by atoms with E-state index in [-0.39, 0.29) is 12.2 Å². The molecule has 1 aromatic carbocycles. The lowest BCUT2D eigenvalue weighted by molar-refractivity contribution is 0.00337. The van der Waals surface area contributed by atoms with Gasteiger partial charge in [0.05, 0.1) is 0 Å². The van der Waals surface area contributed by atoms with Gasteiger partial charge in [-0.05, 0) is 0 Å². The summed E-state index contributed by atoms with van der Waals surface area (Å²) in [5.74, 6) is -0.00449. The zero-order chi connectivity index (χ0) is 12.0. The fourth-order valence-corrected chi connectivity index (χ4v) is 1.55. The van der Waals surface area contributed by atoms with E-state index in [0.29, 0.717) is 5.56 Å². The topological polar surface area (TPSA) is 35.5 Å². The molecule has 4 heteroatoms. The monoisotopic (exact) mass is 242 g/mol. The smallest absolute Gasteiger partial charge is 0.165 e. The van der Waals surface area contributed by atoms with Crippen LogP contribution >= 0.6 is 11.6 Å². The molecule has 2 unspecified atom stereocenters. The van der Waals surface area contributed by atoms with Crippen LogP contribution in [0, 0.1) is 0 Å². The van der Waals surface area contributed by atoms with Gasteiger partial charge in [0, 0.05) is 26.2 Å². The highest BCUT2D eigenvalue weighted by Crippen LogP contribution is 2.14. The highest BCUT2D eigenvalue weighted by atomic mass is 35.5. The largest absolute Gasteiger partial charge is 0.377 e. The van der Waals surface area contributed by atoms with Crippen LogP contribution in [0.2, 0.25) is 0 Å². The van der Waals surface area contributed by atoms with Crippen molar-refractivity contribution in [2.45, 2.75) is 18.1 Å². The maximum atomic E-state index is 11.8. The van der Waals surface area contributed by atoms with Crippen molar-refractivity contribution in [3.05, 3.63) is 35.9 Å². The number of carbonyl (C=O) groups is 1.